The monoisotopic (exact) mass is 221 g/mol. The molecule has 0 bridgehead atoms. The van der Waals surface area contributed by atoms with Gasteiger partial charge in [0, 0.05) is 0 Å². The van der Waals surface area contributed by atoms with Crippen LogP contribution < -0.4 is 0 Å². The van der Waals surface area contributed by atoms with Crippen molar-refractivity contribution in [3.63, 3.8) is 0 Å². The van der Waals surface area contributed by atoms with Gasteiger partial charge in [-0.3, -0.25) is 4.90 Å². The molecule has 1 rings (SSSR count). The fraction of sp³-hybridized carbons (Fsp3) is 0.400. The Morgan fingerprint density at radius 2 is 1.53 bits per heavy atom. The van der Waals surface area contributed by atoms with Crippen molar-refractivity contribution in [1.82, 2.24) is 4.90 Å². The highest BCUT2D eigenvalue weighted by Crippen LogP contribution is 2.35. The second-order valence-electron chi connectivity index (χ2n) is 3.46. The molecule has 15 heavy (non-hydrogen) atoms. The zero-order valence-corrected chi connectivity index (χ0v) is 8.35. The number of hydrogen-bond donors (Lipinski definition) is 0. The van der Waals surface area contributed by atoms with Gasteiger partial charge in [-0.1, -0.05) is 12.1 Å². The lowest BCUT2D eigenvalue weighted by Crippen LogP contribution is -2.33. The third-order valence-electron chi connectivity index (χ3n) is 2.01. The topological polar surface area (TPSA) is 3.24 Å². The van der Waals surface area contributed by atoms with Crippen LogP contribution in [0.5, 0.6) is 0 Å². The Bertz CT molecular complexity index is 315. The summed E-state index contributed by atoms with van der Waals surface area (Å²) in [6, 6.07) is 2.65. The Balaban J connectivity index is 3.05. The molecule has 84 valence electrons. The van der Waals surface area contributed by atoms with E-state index in [2.05, 4.69) is 0 Å². The van der Waals surface area contributed by atoms with Crippen molar-refractivity contribution < 1.29 is 17.6 Å². The fourth-order valence-corrected chi connectivity index (χ4v) is 1.42. The summed E-state index contributed by atoms with van der Waals surface area (Å²) in [6.45, 7) is 0. The van der Waals surface area contributed by atoms with Gasteiger partial charge in [0.2, 0.25) is 0 Å². The smallest absolute Gasteiger partial charge is 0.295 e. The van der Waals surface area contributed by atoms with E-state index in [1.165, 1.54) is 14.1 Å². The highest BCUT2D eigenvalue weighted by Gasteiger charge is 2.42. The Hall–Kier alpha value is -1.10. The lowest BCUT2D eigenvalue weighted by Gasteiger charge is -2.26. The van der Waals surface area contributed by atoms with E-state index in [1.54, 1.807) is 0 Å². The second kappa shape index (κ2) is 4.18. The zero-order valence-electron chi connectivity index (χ0n) is 8.35. The Kier molecular flexibility index (Phi) is 3.34. The first-order valence-corrected chi connectivity index (χ1v) is 4.31. The molecule has 0 aromatic heterocycles. The minimum absolute atomic E-state index is 0.0360. The predicted molar refractivity (Wildman–Crippen MR) is 48.9 cm³/mol. The number of rotatable bonds is 2. The molecule has 0 heterocycles. The van der Waals surface area contributed by atoms with Crippen molar-refractivity contribution in [2.24, 2.45) is 0 Å². The summed E-state index contributed by atoms with van der Waals surface area (Å²) in [5.41, 5.74) is 0.0360. The quantitative estimate of drug-likeness (QED) is 0.694. The van der Waals surface area contributed by atoms with Gasteiger partial charge in [0.15, 0.2) is 0 Å². The summed E-state index contributed by atoms with van der Waals surface area (Å²) in [7, 11) is 2.67. The molecule has 0 aliphatic rings. The highest BCUT2D eigenvalue weighted by atomic mass is 19.4. The maximum Gasteiger partial charge on any atom is 0.408 e. The molecule has 0 aliphatic heterocycles. The summed E-state index contributed by atoms with van der Waals surface area (Å²) in [5, 5.41) is 0. The third kappa shape index (κ3) is 2.92. The summed E-state index contributed by atoms with van der Waals surface area (Å²) in [4.78, 5) is 1.05. The van der Waals surface area contributed by atoms with Gasteiger partial charge in [-0.15, -0.1) is 0 Å². The number of nitrogens with zero attached hydrogens (tertiary/aromatic N) is 1. The largest absolute Gasteiger partial charge is 0.408 e. The molecule has 1 atom stereocenters. The van der Waals surface area contributed by atoms with Crippen LogP contribution in [-0.2, 0) is 0 Å². The molecule has 1 nitrogen and oxygen atoms in total. The first kappa shape index (κ1) is 12.0. The molecule has 1 aromatic carbocycles. The predicted octanol–water partition coefficient (Wildman–Crippen LogP) is 2.99. The molecule has 0 aliphatic carbocycles. The van der Waals surface area contributed by atoms with E-state index in [0.29, 0.717) is 0 Å². The molecular formula is C10H11F4N. The highest BCUT2D eigenvalue weighted by molar-refractivity contribution is 5.21. The molecule has 5 heteroatoms. The Morgan fingerprint density at radius 3 is 1.87 bits per heavy atom. The summed E-state index contributed by atoms with van der Waals surface area (Å²) >= 11 is 0. The average Bonchev–Trinajstić information content (AvgIpc) is 2.05. The van der Waals surface area contributed by atoms with Crippen LogP contribution in [0.2, 0.25) is 0 Å². The molecule has 0 N–H and O–H groups in total. The molecule has 0 amide bonds. The second-order valence-corrected chi connectivity index (χ2v) is 3.46. The van der Waals surface area contributed by atoms with Crippen LogP contribution in [0.4, 0.5) is 17.6 Å². The van der Waals surface area contributed by atoms with Crippen LogP contribution in [0.1, 0.15) is 11.6 Å². The van der Waals surface area contributed by atoms with Gasteiger partial charge >= 0.3 is 6.18 Å². The molecule has 0 unspecified atom stereocenters. The van der Waals surface area contributed by atoms with Crippen molar-refractivity contribution in [2.45, 2.75) is 12.2 Å². The fourth-order valence-electron chi connectivity index (χ4n) is 1.42. The minimum atomic E-state index is -4.36. The van der Waals surface area contributed by atoms with E-state index >= 15 is 0 Å². The van der Waals surface area contributed by atoms with Crippen molar-refractivity contribution in [3.8, 4) is 0 Å². The van der Waals surface area contributed by atoms with Crippen molar-refractivity contribution in [2.75, 3.05) is 14.1 Å². The minimum Gasteiger partial charge on any atom is -0.295 e. The first-order valence-electron chi connectivity index (χ1n) is 4.31. The summed E-state index contributed by atoms with van der Waals surface area (Å²) in [5.74, 6) is -0.543. The molecule has 0 radical (unpaired) electrons. The van der Waals surface area contributed by atoms with Gasteiger partial charge in [0.05, 0.1) is 0 Å². The van der Waals surface area contributed by atoms with E-state index in [0.717, 1.165) is 29.2 Å². The zero-order chi connectivity index (χ0) is 11.6. The van der Waals surface area contributed by atoms with E-state index in [4.69, 9.17) is 0 Å². The molecular weight excluding hydrogens is 210 g/mol. The van der Waals surface area contributed by atoms with E-state index in [-0.39, 0.29) is 5.56 Å². The summed E-state index contributed by atoms with van der Waals surface area (Å²) in [6.07, 6.45) is -4.36. The van der Waals surface area contributed by atoms with Crippen molar-refractivity contribution >= 4 is 0 Å². The molecule has 1 aromatic rings. The number of alkyl halides is 3. The lowest BCUT2D eigenvalue weighted by molar-refractivity contribution is -0.179. The SMILES string of the molecule is CN(C)[C@H](c1ccc(F)cc1)C(F)(F)F. The lowest BCUT2D eigenvalue weighted by atomic mass is 10.1. The van der Waals surface area contributed by atoms with Gasteiger partial charge in [-0.2, -0.15) is 13.2 Å². The van der Waals surface area contributed by atoms with Crippen LogP contribution in [-0.4, -0.2) is 25.2 Å². The van der Waals surface area contributed by atoms with Crippen LogP contribution in [0.25, 0.3) is 0 Å². The third-order valence-corrected chi connectivity index (χ3v) is 2.01. The summed E-state index contributed by atoms with van der Waals surface area (Å²) < 4.78 is 50.4. The molecule has 0 saturated carbocycles. The maximum atomic E-state index is 12.6. The number of hydrogen-bond acceptors (Lipinski definition) is 1. The van der Waals surface area contributed by atoms with E-state index in [9.17, 15) is 17.6 Å². The standard InChI is InChI=1S/C10H11F4N/c1-15(2)9(10(12,13)14)7-3-5-8(11)6-4-7/h3-6,9H,1-2H3/t9-/m1/s1. The van der Waals surface area contributed by atoms with Gasteiger partial charge in [-0.25, -0.2) is 4.39 Å². The van der Waals surface area contributed by atoms with Crippen LogP contribution in [0.3, 0.4) is 0 Å². The molecule has 0 saturated heterocycles. The van der Waals surface area contributed by atoms with E-state index in [1.807, 2.05) is 0 Å². The maximum absolute atomic E-state index is 12.6. The van der Waals surface area contributed by atoms with Gasteiger partial charge in [0.1, 0.15) is 11.9 Å². The van der Waals surface area contributed by atoms with Gasteiger partial charge in [0.25, 0.3) is 0 Å². The first-order chi connectivity index (χ1) is 6.82. The number of halogens is 4. The molecule has 0 fully saturated rings. The molecule has 0 spiro atoms. The Morgan fingerprint density at radius 1 is 1.07 bits per heavy atom. The van der Waals surface area contributed by atoms with Crippen molar-refractivity contribution in [1.29, 1.82) is 0 Å². The Labute approximate surface area is 85.3 Å². The average molecular weight is 221 g/mol. The van der Waals surface area contributed by atoms with Crippen LogP contribution in [0, 0.1) is 5.82 Å². The van der Waals surface area contributed by atoms with E-state index < -0.39 is 18.0 Å². The van der Waals surface area contributed by atoms with Crippen LogP contribution >= 0.6 is 0 Å². The number of benzene rings is 1. The van der Waals surface area contributed by atoms with Crippen LogP contribution in [0.15, 0.2) is 24.3 Å². The van der Waals surface area contributed by atoms with Gasteiger partial charge < -0.3 is 0 Å². The van der Waals surface area contributed by atoms with Crippen molar-refractivity contribution in [3.05, 3.63) is 35.6 Å². The normalized spacial score (nSPS) is 14.3. The van der Waals surface area contributed by atoms with Gasteiger partial charge in [-0.05, 0) is 31.8 Å².